The van der Waals surface area contributed by atoms with Crippen molar-refractivity contribution < 1.29 is 19.3 Å². The fourth-order valence-electron chi connectivity index (χ4n) is 1.07. The molecule has 2 aliphatic heterocycles. The maximum absolute atomic E-state index is 7.57. The molecular weight excluding hydrogens is 216 g/mol. The van der Waals surface area contributed by atoms with Crippen LogP contribution in [0.2, 0.25) is 0 Å². The van der Waals surface area contributed by atoms with Crippen molar-refractivity contribution in [2.24, 2.45) is 5.41 Å². The van der Waals surface area contributed by atoms with Crippen LogP contribution in [0.15, 0.2) is 0 Å². The number of hydrogen-bond donors (Lipinski definition) is 2. The van der Waals surface area contributed by atoms with Crippen molar-refractivity contribution in [1.29, 1.82) is 0 Å². The van der Waals surface area contributed by atoms with E-state index < -0.39 is 0 Å². The van der Waals surface area contributed by atoms with Gasteiger partial charge in [-0.05, 0) is 6.92 Å². The molecule has 2 N–H and O–H groups in total. The highest BCUT2D eigenvalue weighted by Gasteiger charge is 2.43. The molecule has 0 saturated carbocycles. The first kappa shape index (κ1) is 24.8. The number of aliphatic hydroxyl groups excluding tert-OH is 1. The van der Waals surface area contributed by atoms with Gasteiger partial charge < -0.3 is 15.2 Å². The molecule has 0 aliphatic carbocycles. The fourth-order valence-corrected chi connectivity index (χ4v) is 1.07. The van der Waals surface area contributed by atoms with Crippen molar-refractivity contribution in [1.82, 2.24) is 5.32 Å². The Morgan fingerprint density at radius 2 is 1.38 bits per heavy atom. The maximum Gasteiger partial charge on any atom is 0.0569 e. The lowest BCUT2D eigenvalue weighted by atomic mass is 9.80. The van der Waals surface area contributed by atoms with Gasteiger partial charge >= 0.3 is 0 Å². The van der Waals surface area contributed by atoms with E-state index in [1.54, 1.807) is 6.92 Å². The first-order valence-electron chi connectivity index (χ1n) is 5.72. The summed E-state index contributed by atoms with van der Waals surface area (Å²) in [5.41, 5.74) is 0.611. The molecule has 0 amide bonds. The Kier molecular flexibility index (Phi) is 26.6. The Morgan fingerprint density at radius 3 is 1.38 bits per heavy atom. The van der Waals surface area contributed by atoms with E-state index in [1.807, 2.05) is 27.7 Å². The van der Waals surface area contributed by atoms with Crippen molar-refractivity contribution >= 4 is 0 Å². The molecule has 16 heavy (non-hydrogen) atoms. The highest BCUT2D eigenvalue weighted by Crippen LogP contribution is 2.30. The summed E-state index contributed by atoms with van der Waals surface area (Å²) in [5.74, 6) is 0. The van der Waals surface area contributed by atoms with Crippen molar-refractivity contribution in [3.05, 3.63) is 0 Å². The zero-order chi connectivity index (χ0) is 11.4. The van der Waals surface area contributed by atoms with Gasteiger partial charge in [-0.25, -0.2) is 0 Å². The minimum atomic E-state index is 0. The Hall–Kier alpha value is -0.260. The summed E-state index contributed by atoms with van der Waals surface area (Å²) in [6.07, 6.45) is 0. The monoisotopic (exact) mass is 245 g/mol. The van der Waals surface area contributed by atoms with Gasteiger partial charge in [-0.2, -0.15) is 0 Å². The van der Waals surface area contributed by atoms with Gasteiger partial charge in [-0.15, -0.1) is 0 Å². The smallest absolute Gasteiger partial charge is 0.0569 e. The third-order valence-corrected chi connectivity index (χ3v) is 1.82. The van der Waals surface area contributed by atoms with Crippen LogP contribution < -0.4 is 5.32 Å². The molecule has 2 rings (SSSR count). The van der Waals surface area contributed by atoms with Gasteiger partial charge in [-0.1, -0.05) is 27.7 Å². The molecule has 2 aliphatic rings. The van der Waals surface area contributed by atoms with Crippen molar-refractivity contribution in [2.45, 2.75) is 34.6 Å². The normalized spacial score (nSPS) is 16.9. The molecule has 104 valence electrons. The number of aliphatic hydroxyl groups is 1. The molecule has 0 unspecified atom stereocenters. The number of hydrogen-bond acceptors (Lipinski definition) is 3. The molecule has 0 bridgehead atoms. The summed E-state index contributed by atoms with van der Waals surface area (Å²) in [7, 11) is 0. The van der Waals surface area contributed by atoms with E-state index >= 15 is 0 Å². The lowest BCUT2D eigenvalue weighted by Gasteiger charge is -2.48. The zero-order valence-electron chi connectivity index (χ0n) is 11.2. The predicted octanol–water partition coefficient (Wildman–Crippen LogP) is 1.96. The first-order chi connectivity index (χ1) is 6.83. The summed E-state index contributed by atoms with van der Waals surface area (Å²) in [6.45, 7) is 14.3. The van der Waals surface area contributed by atoms with E-state index in [2.05, 4.69) is 5.32 Å². The Morgan fingerprint density at radius 1 is 1.06 bits per heavy atom. The Bertz CT molecular complexity index is 92.6. The van der Waals surface area contributed by atoms with Crippen molar-refractivity contribution in [3.8, 4) is 0 Å². The average Bonchev–Trinajstić information content (AvgIpc) is 2.08. The molecule has 5 heteroatoms. The summed E-state index contributed by atoms with van der Waals surface area (Å²) in [5, 5.41) is 10.8. The Labute approximate surface area is 98.3 Å². The number of ether oxygens (including phenoxy) is 1. The number of rotatable bonds is 0. The van der Waals surface area contributed by atoms with Crippen LogP contribution in [0.3, 0.4) is 0 Å². The van der Waals surface area contributed by atoms with Gasteiger partial charge in [0.15, 0.2) is 0 Å². The predicted molar refractivity (Wildman–Crippen MR) is 66.6 cm³/mol. The van der Waals surface area contributed by atoms with Crippen LogP contribution in [0.4, 0.5) is 9.41 Å². The molecule has 0 aromatic heterocycles. The van der Waals surface area contributed by atoms with Gasteiger partial charge in [0.05, 0.1) is 13.2 Å². The second-order valence-electron chi connectivity index (χ2n) is 2.91. The molecule has 0 radical (unpaired) electrons. The van der Waals surface area contributed by atoms with Crippen LogP contribution in [0, 0.1) is 5.41 Å². The molecule has 0 aromatic rings. The van der Waals surface area contributed by atoms with Crippen molar-refractivity contribution in [3.63, 3.8) is 0 Å². The van der Waals surface area contributed by atoms with Gasteiger partial charge in [0.1, 0.15) is 0 Å². The van der Waals surface area contributed by atoms with Crippen LogP contribution in [-0.4, -0.2) is 38.0 Å². The second kappa shape index (κ2) is 17.1. The van der Waals surface area contributed by atoms with Crippen LogP contribution in [0.1, 0.15) is 34.6 Å². The lowest BCUT2D eigenvalue weighted by Crippen LogP contribution is -2.64. The van der Waals surface area contributed by atoms with Crippen LogP contribution in [0.25, 0.3) is 0 Å². The fraction of sp³-hybridized carbons (Fsp3) is 1.00. The summed E-state index contributed by atoms with van der Waals surface area (Å²) in [6, 6.07) is 0. The van der Waals surface area contributed by atoms with E-state index in [9.17, 15) is 0 Å². The van der Waals surface area contributed by atoms with Gasteiger partial charge in [-0.3, -0.25) is 9.41 Å². The molecule has 3 nitrogen and oxygen atoms in total. The van der Waals surface area contributed by atoms with Crippen LogP contribution >= 0.6 is 0 Å². The quantitative estimate of drug-likeness (QED) is 0.685. The first-order valence-corrected chi connectivity index (χ1v) is 5.72. The minimum Gasteiger partial charge on any atom is -0.397 e. The number of nitrogens with one attached hydrogen (secondary N) is 1. The second-order valence-corrected chi connectivity index (χ2v) is 2.91. The van der Waals surface area contributed by atoms with Crippen LogP contribution in [-0.2, 0) is 4.74 Å². The van der Waals surface area contributed by atoms with E-state index in [0.29, 0.717) is 5.41 Å². The third-order valence-electron chi connectivity index (χ3n) is 1.82. The molecule has 0 aromatic carbocycles. The van der Waals surface area contributed by atoms with E-state index in [4.69, 9.17) is 9.84 Å². The standard InChI is InChI=1S/C5H9NO.C2H6O.2C2H6.2FH/c1-5(2-6-1)3-7-4-5;1-2-3;2*1-2;;/h6H,1-4H2;3H,2H2,1H3;2*1-2H3;2*1H. The molecule has 2 saturated heterocycles. The van der Waals surface area contributed by atoms with Gasteiger partial charge in [0.2, 0.25) is 0 Å². The largest absolute Gasteiger partial charge is 0.397 e. The highest BCUT2D eigenvalue weighted by atomic mass is 19.0. The summed E-state index contributed by atoms with van der Waals surface area (Å²) in [4.78, 5) is 0. The zero-order valence-corrected chi connectivity index (χ0v) is 11.2. The summed E-state index contributed by atoms with van der Waals surface area (Å²) >= 11 is 0. The number of halogens is 2. The minimum absolute atomic E-state index is 0. The third kappa shape index (κ3) is 9.00. The van der Waals surface area contributed by atoms with E-state index in [-0.39, 0.29) is 16.0 Å². The Balaban J connectivity index is -0.0000000711. The highest BCUT2D eigenvalue weighted by molar-refractivity contribution is 4.96. The molecule has 1 spiro atoms. The maximum atomic E-state index is 7.57. The average molecular weight is 245 g/mol. The molecule has 2 fully saturated rings. The molecular formula is C11H29F2NO2. The topological polar surface area (TPSA) is 41.5 Å². The summed E-state index contributed by atoms with van der Waals surface area (Å²) < 4.78 is 5.04. The molecule has 2 heterocycles. The van der Waals surface area contributed by atoms with E-state index in [1.165, 1.54) is 13.1 Å². The van der Waals surface area contributed by atoms with Crippen molar-refractivity contribution in [2.75, 3.05) is 32.9 Å². The van der Waals surface area contributed by atoms with E-state index in [0.717, 1.165) is 13.2 Å². The lowest BCUT2D eigenvalue weighted by molar-refractivity contribution is -0.139. The van der Waals surface area contributed by atoms with Gasteiger partial charge in [0, 0.05) is 25.1 Å². The van der Waals surface area contributed by atoms with Gasteiger partial charge in [0.25, 0.3) is 0 Å². The molecule has 0 atom stereocenters. The van der Waals surface area contributed by atoms with Crippen LogP contribution in [0.5, 0.6) is 0 Å². The SMILES string of the molecule is C1NCC12COC2.CC.CC.CCO.F.F.